The first-order chi connectivity index (χ1) is 8.86. The number of aromatic nitrogens is 2. The van der Waals surface area contributed by atoms with Crippen molar-refractivity contribution in [2.45, 2.75) is 33.2 Å². The summed E-state index contributed by atoms with van der Waals surface area (Å²) in [5, 5.41) is 0. The Kier molecular flexibility index (Phi) is 3.54. The third-order valence-corrected chi connectivity index (χ3v) is 3.63. The van der Waals surface area contributed by atoms with E-state index in [1.807, 2.05) is 43.5 Å². The van der Waals surface area contributed by atoms with E-state index in [2.05, 4.69) is 4.98 Å². The SMILES string of the molecule is Cc1cccc2nc(CCl)n(CC(C)(C)C(N)=O)c12. The number of amides is 1. The number of halogens is 1. The van der Waals surface area contributed by atoms with Gasteiger partial charge in [0.1, 0.15) is 5.82 Å². The van der Waals surface area contributed by atoms with Crippen LogP contribution in [0.5, 0.6) is 0 Å². The van der Waals surface area contributed by atoms with Crippen molar-refractivity contribution in [3.8, 4) is 0 Å². The molecular weight excluding hydrogens is 262 g/mol. The molecule has 1 heterocycles. The van der Waals surface area contributed by atoms with Crippen molar-refractivity contribution in [2.24, 2.45) is 11.1 Å². The highest BCUT2D eigenvalue weighted by Gasteiger charge is 2.27. The molecule has 2 N–H and O–H groups in total. The molecule has 0 saturated heterocycles. The Morgan fingerprint density at radius 1 is 1.47 bits per heavy atom. The Balaban J connectivity index is 2.61. The number of aryl methyl sites for hydroxylation is 1. The van der Waals surface area contributed by atoms with Gasteiger partial charge in [0.2, 0.25) is 5.91 Å². The highest BCUT2D eigenvalue weighted by atomic mass is 35.5. The molecule has 2 rings (SSSR count). The van der Waals surface area contributed by atoms with Crippen molar-refractivity contribution in [3.05, 3.63) is 29.6 Å². The number of nitrogens with zero attached hydrogens (tertiary/aromatic N) is 2. The van der Waals surface area contributed by atoms with Gasteiger partial charge in [0.25, 0.3) is 0 Å². The molecule has 1 aromatic heterocycles. The van der Waals surface area contributed by atoms with Crippen LogP contribution in [0, 0.1) is 12.3 Å². The number of carbonyl (C=O) groups is 1. The molecule has 0 bridgehead atoms. The minimum absolute atomic E-state index is 0.308. The fourth-order valence-corrected chi connectivity index (χ4v) is 2.36. The third-order valence-electron chi connectivity index (χ3n) is 3.39. The second-order valence-corrected chi connectivity index (χ2v) is 5.71. The molecule has 0 spiro atoms. The van der Waals surface area contributed by atoms with Crippen molar-refractivity contribution >= 4 is 28.5 Å². The van der Waals surface area contributed by atoms with Crippen molar-refractivity contribution in [2.75, 3.05) is 0 Å². The van der Waals surface area contributed by atoms with Crippen LogP contribution in [-0.2, 0) is 17.2 Å². The zero-order valence-corrected chi connectivity index (χ0v) is 12.2. The average molecular weight is 280 g/mol. The second kappa shape index (κ2) is 4.85. The molecule has 19 heavy (non-hydrogen) atoms. The molecule has 2 aromatic rings. The molecule has 0 aliphatic heterocycles. The van der Waals surface area contributed by atoms with Gasteiger partial charge in [-0.15, -0.1) is 11.6 Å². The molecule has 0 radical (unpaired) electrons. The molecule has 0 fully saturated rings. The fourth-order valence-electron chi connectivity index (χ4n) is 2.16. The van der Waals surface area contributed by atoms with E-state index in [9.17, 15) is 4.79 Å². The summed E-state index contributed by atoms with van der Waals surface area (Å²) < 4.78 is 2.00. The number of hydrogen-bond donors (Lipinski definition) is 1. The largest absolute Gasteiger partial charge is 0.369 e. The molecule has 4 nitrogen and oxygen atoms in total. The number of alkyl halides is 1. The van der Waals surface area contributed by atoms with Gasteiger partial charge in [0.15, 0.2) is 0 Å². The van der Waals surface area contributed by atoms with Gasteiger partial charge in [0.05, 0.1) is 22.3 Å². The number of nitrogens with two attached hydrogens (primary N) is 1. The zero-order chi connectivity index (χ0) is 14.2. The van der Waals surface area contributed by atoms with Crippen LogP contribution in [0.2, 0.25) is 0 Å². The van der Waals surface area contributed by atoms with Gasteiger partial charge in [-0.2, -0.15) is 0 Å². The molecule has 0 aliphatic carbocycles. The summed E-state index contributed by atoms with van der Waals surface area (Å²) >= 11 is 5.96. The summed E-state index contributed by atoms with van der Waals surface area (Å²) in [6.07, 6.45) is 0. The van der Waals surface area contributed by atoms with Gasteiger partial charge >= 0.3 is 0 Å². The van der Waals surface area contributed by atoms with Crippen molar-refractivity contribution < 1.29 is 4.79 Å². The quantitative estimate of drug-likeness (QED) is 0.875. The van der Waals surface area contributed by atoms with Crippen LogP contribution in [0.1, 0.15) is 25.2 Å². The fraction of sp³-hybridized carbons (Fsp3) is 0.429. The van der Waals surface area contributed by atoms with Gasteiger partial charge in [0, 0.05) is 6.54 Å². The van der Waals surface area contributed by atoms with Crippen LogP contribution < -0.4 is 5.73 Å². The average Bonchev–Trinajstić information content (AvgIpc) is 2.68. The van der Waals surface area contributed by atoms with Crippen LogP contribution in [0.4, 0.5) is 0 Å². The van der Waals surface area contributed by atoms with Crippen molar-refractivity contribution in [3.63, 3.8) is 0 Å². The Bertz CT molecular complexity index is 631. The standard InChI is InChI=1S/C14H18ClN3O/c1-9-5-4-6-10-12(9)18(11(7-15)17-10)8-14(2,3)13(16)19/h4-6H,7-8H2,1-3H3,(H2,16,19). The first-order valence-electron chi connectivity index (χ1n) is 6.17. The first-order valence-corrected chi connectivity index (χ1v) is 6.71. The normalized spacial score (nSPS) is 12.0. The monoisotopic (exact) mass is 279 g/mol. The predicted molar refractivity (Wildman–Crippen MR) is 77.0 cm³/mol. The van der Waals surface area contributed by atoms with Crippen LogP contribution in [0.25, 0.3) is 11.0 Å². The maximum absolute atomic E-state index is 11.5. The van der Waals surface area contributed by atoms with Crippen LogP contribution in [0.15, 0.2) is 18.2 Å². The highest BCUT2D eigenvalue weighted by molar-refractivity contribution is 6.16. The number of imidazole rings is 1. The maximum Gasteiger partial charge on any atom is 0.224 e. The van der Waals surface area contributed by atoms with E-state index in [0.717, 1.165) is 22.4 Å². The predicted octanol–water partition coefficient (Wildman–Crippen LogP) is 2.60. The lowest BCUT2D eigenvalue weighted by Crippen LogP contribution is -2.35. The van der Waals surface area contributed by atoms with E-state index >= 15 is 0 Å². The number of primary amides is 1. The molecule has 1 amide bonds. The van der Waals surface area contributed by atoms with E-state index in [4.69, 9.17) is 17.3 Å². The molecular formula is C14H18ClN3O. The van der Waals surface area contributed by atoms with Crippen molar-refractivity contribution in [1.29, 1.82) is 0 Å². The summed E-state index contributed by atoms with van der Waals surface area (Å²) in [4.78, 5) is 16.0. The molecule has 0 aliphatic rings. The van der Waals surface area contributed by atoms with E-state index in [1.54, 1.807) is 0 Å². The minimum atomic E-state index is -0.642. The zero-order valence-electron chi connectivity index (χ0n) is 11.4. The number of fused-ring (bicyclic) bond motifs is 1. The van der Waals surface area contributed by atoms with Gasteiger partial charge in [-0.25, -0.2) is 4.98 Å². The Labute approximate surface area is 117 Å². The van der Waals surface area contributed by atoms with E-state index in [-0.39, 0.29) is 5.91 Å². The number of carbonyl (C=O) groups excluding carboxylic acids is 1. The maximum atomic E-state index is 11.5. The summed E-state index contributed by atoms with van der Waals surface area (Å²) in [6.45, 7) is 6.16. The number of rotatable bonds is 4. The molecule has 102 valence electrons. The van der Waals surface area contributed by atoms with Crippen LogP contribution in [-0.4, -0.2) is 15.5 Å². The first kappa shape index (κ1) is 13.9. The molecule has 0 atom stereocenters. The number of para-hydroxylation sites is 1. The van der Waals surface area contributed by atoms with E-state index < -0.39 is 5.41 Å². The van der Waals surface area contributed by atoms with Gasteiger partial charge in [-0.1, -0.05) is 12.1 Å². The van der Waals surface area contributed by atoms with Crippen LogP contribution in [0.3, 0.4) is 0 Å². The molecule has 0 unspecified atom stereocenters. The summed E-state index contributed by atoms with van der Waals surface area (Å²) in [5.41, 5.74) is 7.85. The van der Waals surface area contributed by atoms with Gasteiger partial charge in [-0.05, 0) is 32.4 Å². The van der Waals surface area contributed by atoms with Gasteiger partial charge in [-0.3, -0.25) is 4.79 Å². The summed E-state index contributed by atoms with van der Waals surface area (Å²) in [5.74, 6) is 0.743. The number of hydrogen-bond acceptors (Lipinski definition) is 2. The Morgan fingerprint density at radius 2 is 2.16 bits per heavy atom. The Morgan fingerprint density at radius 3 is 2.74 bits per heavy atom. The third kappa shape index (κ3) is 2.45. The van der Waals surface area contributed by atoms with Crippen LogP contribution >= 0.6 is 11.6 Å². The lowest BCUT2D eigenvalue weighted by Gasteiger charge is -2.22. The minimum Gasteiger partial charge on any atom is -0.369 e. The summed E-state index contributed by atoms with van der Waals surface area (Å²) in [6, 6.07) is 5.94. The topological polar surface area (TPSA) is 60.9 Å². The smallest absolute Gasteiger partial charge is 0.224 e. The Hall–Kier alpha value is -1.55. The van der Waals surface area contributed by atoms with E-state index in [1.165, 1.54) is 0 Å². The highest BCUT2D eigenvalue weighted by Crippen LogP contribution is 2.26. The lowest BCUT2D eigenvalue weighted by molar-refractivity contribution is -0.126. The van der Waals surface area contributed by atoms with E-state index in [0.29, 0.717) is 12.4 Å². The lowest BCUT2D eigenvalue weighted by atomic mass is 9.92. The molecule has 5 heteroatoms. The van der Waals surface area contributed by atoms with Crippen molar-refractivity contribution in [1.82, 2.24) is 9.55 Å². The second-order valence-electron chi connectivity index (χ2n) is 5.44. The number of benzene rings is 1. The molecule has 0 saturated carbocycles. The summed E-state index contributed by atoms with van der Waals surface area (Å²) in [7, 11) is 0. The molecule has 1 aromatic carbocycles. The van der Waals surface area contributed by atoms with Gasteiger partial charge < -0.3 is 10.3 Å².